The Morgan fingerprint density at radius 1 is 1.43 bits per heavy atom. The highest BCUT2D eigenvalue weighted by Crippen LogP contribution is 2.08. The van der Waals surface area contributed by atoms with Crippen molar-refractivity contribution in [3.05, 3.63) is 35.4 Å². The van der Waals surface area contributed by atoms with Gasteiger partial charge in [0.2, 0.25) is 0 Å². The molecule has 112 valence electrons. The van der Waals surface area contributed by atoms with Crippen LogP contribution in [0.2, 0.25) is 0 Å². The average molecular weight is 289 g/mol. The molecular weight excluding hydrogens is 270 g/mol. The van der Waals surface area contributed by atoms with E-state index in [1.807, 2.05) is 13.0 Å². The summed E-state index contributed by atoms with van der Waals surface area (Å²) in [6.45, 7) is 3.87. The number of nitrogens with zero attached hydrogens (tertiary/aromatic N) is 1. The van der Waals surface area contributed by atoms with Crippen LogP contribution in [0.3, 0.4) is 0 Å². The van der Waals surface area contributed by atoms with Crippen molar-refractivity contribution in [2.75, 3.05) is 0 Å². The van der Waals surface area contributed by atoms with Crippen molar-refractivity contribution >= 4 is 12.0 Å². The maximum absolute atomic E-state index is 11.8. The van der Waals surface area contributed by atoms with Gasteiger partial charge in [-0.1, -0.05) is 32.4 Å². The van der Waals surface area contributed by atoms with E-state index >= 15 is 0 Å². The predicted molar refractivity (Wildman–Crippen MR) is 77.4 cm³/mol. The van der Waals surface area contributed by atoms with Gasteiger partial charge in [0.25, 0.3) is 0 Å². The highest BCUT2D eigenvalue weighted by Gasteiger charge is 2.24. The number of amides is 2. The maximum atomic E-state index is 11.8. The third-order valence-corrected chi connectivity index (χ3v) is 3.27. The van der Waals surface area contributed by atoms with E-state index in [2.05, 4.69) is 10.6 Å². The van der Waals surface area contributed by atoms with Gasteiger partial charge in [-0.25, -0.2) is 9.59 Å². The first-order valence-corrected chi connectivity index (χ1v) is 6.74. The van der Waals surface area contributed by atoms with Crippen LogP contribution in [0.1, 0.15) is 31.4 Å². The molecule has 0 fully saturated rings. The number of nitriles is 1. The highest BCUT2D eigenvalue weighted by atomic mass is 16.4. The first-order chi connectivity index (χ1) is 9.97. The highest BCUT2D eigenvalue weighted by molar-refractivity contribution is 5.82. The van der Waals surface area contributed by atoms with Crippen LogP contribution in [0.5, 0.6) is 0 Å². The van der Waals surface area contributed by atoms with E-state index in [0.29, 0.717) is 12.0 Å². The van der Waals surface area contributed by atoms with E-state index in [-0.39, 0.29) is 12.5 Å². The van der Waals surface area contributed by atoms with Gasteiger partial charge < -0.3 is 15.7 Å². The summed E-state index contributed by atoms with van der Waals surface area (Å²) in [5.74, 6) is -1.21. The molecule has 0 aliphatic rings. The molecule has 6 heteroatoms. The molecule has 2 atom stereocenters. The number of nitrogens with one attached hydrogen (secondary N) is 2. The molecular formula is C15H19N3O3. The van der Waals surface area contributed by atoms with Gasteiger partial charge in [-0.15, -0.1) is 0 Å². The molecule has 3 N–H and O–H groups in total. The minimum atomic E-state index is -1.05. The molecule has 0 aliphatic heterocycles. The van der Waals surface area contributed by atoms with E-state index in [4.69, 9.17) is 10.4 Å². The predicted octanol–water partition coefficient (Wildman–Crippen LogP) is 1.86. The van der Waals surface area contributed by atoms with Crippen LogP contribution in [0.4, 0.5) is 4.79 Å². The molecule has 0 bridgehead atoms. The summed E-state index contributed by atoms with van der Waals surface area (Å²) >= 11 is 0. The van der Waals surface area contributed by atoms with Gasteiger partial charge in [0, 0.05) is 6.54 Å². The monoisotopic (exact) mass is 289 g/mol. The van der Waals surface area contributed by atoms with Crippen LogP contribution < -0.4 is 10.6 Å². The molecule has 0 saturated heterocycles. The number of benzene rings is 1. The van der Waals surface area contributed by atoms with Crippen LogP contribution in [0.25, 0.3) is 0 Å². The largest absolute Gasteiger partial charge is 0.480 e. The van der Waals surface area contributed by atoms with Crippen LogP contribution in [-0.4, -0.2) is 23.1 Å². The summed E-state index contributed by atoms with van der Waals surface area (Å²) in [6, 6.07) is 7.42. The molecule has 1 aromatic rings. The number of carboxylic acid groups (broad SMARTS) is 1. The fraction of sp³-hybridized carbons (Fsp3) is 0.400. The lowest BCUT2D eigenvalue weighted by Gasteiger charge is -2.20. The smallest absolute Gasteiger partial charge is 0.326 e. The Labute approximate surface area is 123 Å². The van der Waals surface area contributed by atoms with E-state index in [1.54, 1.807) is 31.2 Å². The van der Waals surface area contributed by atoms with Gasteiger partial charge >= 0.3 is 12.0 Å². The second-order valence-electron chi connectivity index (χ2n) is 4.84. The molecule has 6 nitrogen and oxygen atoms in total. The number of carbonyl (C=O) groups is 2. The Hall–Kier alpha value is -2.55. The maximum Gasteiger partial charge on any atom is 0.326 e. The Morgan fingerprint density at radius 2 is 2.14 bits per heavy atom. The molecule has 0 heterocycles. The van der Waals surface area contributed by atoms with Gasteiger partial charge in [0.1, 0.15) is 6.04 Å². The second-order valence-corrected chi connectivity index (χ2v) is 4.84. The zero-order chi connectivity index (χ0) is 15.8. The van der Waals surface area contributed by atoms with E-state index < -0.39 is 18.0 Å². The van der Waals surface area contributed by atoms with Gasteiger partial charge in [-0.3, -0.25) is 0 Å². The van der Waals surface area contributed by atoms with Crippen LogP contribution in [-0.2, 0) is 11.3 Å². The lowest BCUT2D eigenvalue weighted by atomic mass is 9.99. The standard InChI is InChI=1S/C15H19N3O3/c1-3-10(2)13(14(19)20)18-15(21)17-9-12-6-4-5-11(7-12)8-16/h4-7,10,13H,3,9H2,1-2H3,(H,19,20)(H2,17,18,21)/t10?,13-/m0/s1. The van der Waals surface area contributed by atoms with Gasteiger partial charge in [-0.05, 0) is 23.6 Å². The van der Waals surface area contributed by atoms with Crippen LogP contribution in [0, 0.1) is 17.2 Å². The number of aliphatic carboxylic acids is 1. The Kier molecular flexibility index (Phi) is 6.21. The van der Waals surface area contributed by atoms with Gasteiger partial charge in [0.15, 0.2) is 0 Å². The molecule has 1 aromatic carbocycles. The topological polar surface area (TPSA) is 102 Å². The summed E-state index contributed by atoms with van der Waals surface area (Å²) in [7, 11) is 0. The molecule has 0 saturated carbocycles. The zero-order valence-corrected chi connectivity index (χ0v) is 12.1. The first kappa shape index (κ1) is 16.5. The normalized spacial score (nSPS) is 12.8. The van der Waals surface area contributed by atoms with Crippen molar-refractivity contribution in [1.29, 1.82) is 5.26 Å². The Bertz CT molecular complexity index is 551. The lowest BCUT2D eigenvalue weighted by Crippen LogP contribution is -2.48. The van der Waals surface area contributed by atoms with Gasteiger partial charge in [0.05, 0.1) is 11.6 Å². The number of hydrogen-bond donors (Lipinski definition) is 3. The number of urea groups is 1. The quantitative estimate of drug-likeness (QED) is 0.743. The molecule has 0 aromatic heterocycles. The molecule has 0 radical (unpaired) electrons. The summed E-state index contributed by atoms with van der Waals surface area (Å²) in [5.41, 5.74) is 1.29. The van der Waals surface area contributed by atoms with E-state index in [9.17, 15) is 9.59 Å². The first-order valence-electron chi connectivity index (χ1n) is 6.74. The lowest BCUT2D eigenvalue weighted by molar-refractivity contribution is -0.140. The molecule has 2 amide bonds. The van der Waals surface area contributed by atoms with Crippen molar-refractivity contribution in [2.45, 2.75) is 32.9 Å². The minimum absolute atomic E-state index is 0.157. The number of carbonyl (C=O) groups excluding carboxylic acids is 1. The average Bonchev–Trinajstić information content (AvgIpc) is 2.49. The SMILES string of the molecule is CCC(C)[C@H](NC(=O)NCc1cccc(C#N)c1)C(=O)O. The van der Waals surface area contributed by atoms with Crippen LogP contribution >= 0.6 is 0 Å². The number of rotatable bonds is 6. The fourth-order valence-corrected chi connectivity index (χ4v) is 1.81. The summed E-state index contributed by atoms with van der Waals surface area (Å²) < 4.78 is 0. The molecule has 0 aliphatic carbocycles. The Balaban J connectivity index is 2.57. The third-order valence-electron chi connectivity index (χ3n) is 3.27. The summed E-state index contributed by atoms with van der Waals surface area (Å²) in [5, 5.41) is 22.9. The Morgan fingerprint density at radius 3 is 2.71 bits per heavy atom. The van der Waals surface area contributed by atoms with E-state index in [0.717, 1.165) is 5.56 Å². The second kappa shape index (κ2) is 7.90. The third kappa shape index (κ3) is 5.15. The zero-order valence-electron chi connectivity index (χ0n) is 12.1. The summed E-state index contributed by atoms with van der Waals surface area (Å²) in [4.78, 5) is 22.9. The molecule has 1 unspecified atom stereocenters. The van der Waals surface area contributed by atoms with Crippen molar-refractivity contribution < 1.29 is 14.7 Å². The molecule has 21 heavy (non-hydrogen) atoms. The van der Waals surface area contributed by atoms with Crippen molar-refractivity contribution in [2.24, 2.45) is 5.92 Å². The number of hydrogen-bond acceptors (Lipinski definition) is 3. The molecule has 0 spiro atoms. The minimum Gasteiger partial charge on any atom is -0.480 e. The summed E-state index contributed by atoms with van der Waals surface area (Å²) in [6.07, 6.45) is 0.654. The molecule has 1 rings (SSSR count). The van der Waals surface area contributed by atoms with Crippen LogP contribution in [0.15, 0.2) is 24.3 Å². The number of carboxylic acids is 1. The van der Waals surface area contributed by atoms with Crippen molar-refractivity contribution in [3.63, 3.8) is 0 Å². The van der Waals surface area contributed by atoms with Crippen molar-refractivity contribution in [1.82, 2.24) is 10.6 Å². The van der Waals surface area contributed by atoms with Crippen molar-refractivity contribution in [3.8, 4) is 6.07 Å². The fourth-order valence-electron chi connectivity index (χ4n) is 1.81. The van der Waals surface area contributed by atoms with E-state index in [1.165, 1.54) is 0 Å². The van der Waals surface area contributed by atoms with Gasteiger partial charge in [-0.2, -0.15) is 5.26 Å².